The second kappa shape index (κ2) is 6.75. The van der Waals surface area contributed by atoms with Crippen molar-refractivity contribution in [3.63, 3.8) is 0 Å². The third-order valence-corrected chi connectivity index (χ3v) is 4.62. The Bertz CT molecular complexity index is 834. The van der Waals surface area contributed by atoms with E-state index in [-0.39, 0.29) is 13.2 Å². The Hall–Kier alpha value is -1.56. The van der Waals surface area contributed by atoms with Crippen molar-refractivity contribution in [2.45, 2.75) is 6.92 Å². The van der Waals surface area contributed by atoms with Gasteiger partial charge in [0.05, 0.1) is 17.8 Å². The number of hydrogen-bond donors (Lipinski definition) is 0. The van der Waals surface area contributed by atoms with Crippen LogP contribution in [0.5, 0.6) is 5.75 Å². The Labute approximate surface area is 157 Å². The molecule has 0 spiro atoms. The minimum atomic E-state index is -0.552. The van der Waals surface area contributed by atoms with Crippen LogP contribution in [0.2, 0.25) is 10.0 Å². The van der Waals surface area contributed by atoms with E-state index in [1.54, 1.807) is 24.3 Å². The lowest BCUT2D eigenvalue weighted by Crippen LogP contribution is -2.33. The van der Waals surface area contributed by atoms with Crippen LogP contribution < -0.4 is 9.64 Å². The highest BCUT2D eigenvalue weighted by Crippen LogP contribution is 2.37. The van der Waals surface area contributed by atoms with Crippen LogP contribution in [0.4, 0.5) is 5.69 Å². The number of carbonyl (C=O) groups is 2. The van der Waals surface area contributed by atoms with E-state index in [0.29, 0.717) is 31.5 Å². The zero-order valence-corrected chi connectivity index (χ0v) is 15.7. The van der Waals surface area contributed by atoms with Crippen LogP contribution in [0.25, 0.3) is 0 Å². The molecule has 3 rings (SSSR count). The van der Waals surface area contributed by atoms with Gasteiger partial charge in [0.2, 0.25) is 0 Å². The molecule has 0 N–H and O–H groups in total. The molecule has 0 unspecified atom stereocenters. The number of fused-ring (bicyclic) bond motifs is 1. The monoisotopic (exact) mass is 427 g/mol. The molecule has 7 heteroatoms. The summed E-state index contributed by atoms with van der Waals surface area (Å²) in [4.78, 5) is 25.8. The molecule has 2 aromatic rings. The summed E-state index contributed by atoms with van der Waals surface area (Å²) in [6, 6.07) is 8.47. The smallest absolute Gasteiger partial charge is 0.299 e. The maximum Gasteiger partial charge on any atom is 0.299 e. The van der Waals surface area contributed by atoms with Gasteiger partial charge in [0, 0.05) is 14.5 Å². The molecule has 0 bridgehead atoms. The van der Waals surface area contributed by atoms with Gasteiger partial charge in [-0.25, -0.2) is 0 Å². The van der Waals surface area contributed by atoms with Crippen LogP contribution in [0.3, 0.4) is 0 Å². The molecule has 24 heavy (non-hydrogen) atoms. The van der Waals surface area contributed by atoms with Crippen LogP contribution in [0.15, 0.2) is 34.8 Å². The van der Waals surface area contributed by atoms with Gasteiger partial charge < -0.3 is 9.64 Å². The standard InChI is InChI=1S/C17H12BrCl2NO3/c1-9-4-13-15(14(18)5-9)21(17(23)16(13)22)2-3-24-12-7-10(19)6-11(20)8-12/h4-8H,2-3H2,1H3. The lowest BCUT2D eigenvalue weighted by molar-refractivity contribution is -0.114. The summed E-state index contributed by atoms with van der Waals surface area (Å²) < 4.78 is 6.31. The molecule has 0 saturated carbocycles. The molecule has 124 valence electrons. The fourth-order valence-corrected chi connectivity index (χ4v) is 3.90. The number of aryl methyl sites for hydroxylation is 1. The molecule has 0 aromatic heterocycles. The number of ketones is 1. The van der Waals surface area contributed by atoms with Crippen molar-refractivity contribution in [2.75, 3.05) is 18.1 Å². The first-order valence-corrected chi connectivity index (χ1v) is 8.67. The van der Waals surface area contributed by atoms with Gasteiger partial charge in [0.25, 0.3) is 11.7 Å². The number of hydrogen-bond acceptors (Lipinski definition) is 3. The van der Waals surface area contributed by atoms with Crippen molar-refractivity contribution >= 4 is 56.5 Å². The number of Topliss-reactive ketones (excluding diaryl/α,β-unsaturated/α-hetero) is 1. The van der Waals surface area contributed by atoms with Crippen LogP contribution >= 0.6 is 39.1 Å². The Kier molecular flexibility index (Phi) is 4.85. The summed E-state index contributed by atoms with van der Waals surface area (Å²) in [5.74, 6) is -0.544. The number of benzene rings is 2. The number of carbonyl (C=O) groups excluding carboxylic acids is 2. The number of halogens is 3. The van der Waals surface area contributed by atoms with Crippen LogP contribution in [0.1, 0.15) is 15.9 Å². The zero-order valence-electron chi connectivity index (χ0n) is 12.6. The summed E-state index contributed by atoms with van der Waals surface area (Å²) in [6.07, 6.45) is 0. The van der Waals surface area contributed by atoms with Gasteiger partial charge in [-0.3, -0.25) is 9.59 Å². The lowest BCUT2D eigenvalue weighted by Gasteiger charge is -2.18. The molecule has 1 heterocycles. The molecule has 0 fully saturated rings. The van der Waals surface area contributed by atoms with Crippen molar-refractivity contribution in [1.82, 2.24) is 0 Å². The molecule has 0 radical (unpaired) electrons. The predicted molar refractivity (Wildman–Crippen MR) is 97.5 cm³/mol. The van der Waals surface area contributed by atoms with E-state index in [2.05, 4.69) is 15.9 Å². The number of amides is 1. The van der Waals surface area contributed by atoms with Crippen molar-refractivity contribution in [3.05, 3.63) is 56.0 Å². The van der Waals surface area contributed by atoms with Crippen molar-refractivity contribution in [2.24, 2.45) is 0 Å². The summed E-state index contributed by atoms with van der Waals surface area (Å²) in [5, 5.41) is 0.932. The van der Waals surface area contributed by atoms with Crippen LogP contribution in [0, 0.1) is 6.92 Å². The molecule has 4 nitrogen and oxygen atoms in total. The summed E-state index contributed by atoms with van der Waals surface area (Å²) in [7, 11) is 0. The van der Waals surface area contributed by atoms with Gasteiger partial charge in [-0.05, 0) is 58.7 Å². The number of anilines is 1. The third kappa shape index (κ3) is 3.29. The van der Waals surface area contributed by atoms with Gasteiger partial charge in [0.15, 0.2) is 0 Å². The summed E-state index contributed by atoms with van der Waals surface area (Å²) >= 11 is 15.3. The summed E-state index contributed by atoms with van der Waals surface area (Å²) in [6.45, 7) is 2.32. The Morgan fingerprint density at radius 1 is 1.08 bits per heavy atom. The minimum Gasteiger partial charge on any atom is -0.492 e. The zero-order chi connectivity index (χ0) is 17.4. The van der Waals surface area contributed by atoms with Gasteiger partial charge in [-0.15, -0.1) is 0 Å². The van der Waals surface area contributed by atoms with E-state index < -0.39 is 11.7 Å². The van der Waals surface area contributed by atoms with E-state index in [4.69, 9.17) is 27.9 Å². The molecule has 0 atom stereocenters. The SMILES string of the molecule is Cc1cc(Br)c2c(c1)C(=O)C(=O)N2CCOc1cc(Cl)cc(Cl)c1. The Morgan fingerprint density at radius 3 is 2.42 bits per heavy atom. The second-order valence-corrected chi connectivity index (χ2v) is 7.11. The van der Waals surface area contributed by atoms with E-state index in [1.807, 2.05) is 13.0 Å². The highest BCUT2D eigenvalue weighted by Gasteiger charge is 2.37. The maximum atomic E-state index is 12.2. The Morgan fingerprint density at radius 2 is 1.75 bits per heavy atom. The van der Waals surface area contributed by atoms with Crippen molar-refractivity contribution in [3.8, 4) is 5.75 Å². The molecule has 1 aliphatic heterocycles. The molecular formula is C17H12BrCl2NO3. The van der Waals surface area contributed by atoms with Crippen molar-refractivity contribution in [1.29, 1.82) is 0 Å². The van der Waals surface area contributed by atoms with Gasteiger partial charge in [0.1, 0.15) is 12.4 Å². The lowest BCUT2D eigenvalue weighted by atomic mass is 10.1. The average molecular weight is 429 g/mol. The highest BCUT2D eigenvalue weighted by atomic mass is 79.9. The molecule has 0 aliphatic carbocycles. The van der Waals surface area contributed by atoms with E-state index >= 15 is 0 Å². The first kappa shape index (κ1) is 17.3. The third-order valence-electron chi connectivity index (χ3n) is 3.58. The molecule has 2 aromatic carbocycles. The predicted octanol–water partition coefficient (Wildman–Crippen LogP) is 4.67. The number of rotatable bonds is 4. The molecule has 1 aliphatic rings. The maximum absolute atomic E-state index is 12.2. The van der Waals surface area contributed by atoms with E-state index in [1.165, 1.54) is 4.90 Å². The first-order chi connectivity index (χ1) is 11.4. The fraction of sp³-hybridized carbons (Fsp3) is 0.176. The van der Waals surface area contributed by atoms with E-state index in [9.17, 15) is 9.59 Å². The highest BCUT2D eigenvalue weighted by molar-refractivity contribution is 9.10. The number of nitrogens with zero attached hydrogens (tertiary/aromatic N) is 1. The van der Waals surface area contributed by atoms with Crippen LogP contribution in [-0.4, -0.2) is 24.8 Å². The average Bonchev–Trinajstić information content (AvgIpc) is 2.71. The summed E-state index contributed by atoms with van der Waals surface area (Å²) in [5.41, 5.74) is 1.91. The molecule has 0 saturated heterocycles. The first-order valence-electron chi connectivity index (χ1n) is 7.12. The van der Waals surface area contributed by atoms with Gasteiger partial charge in [-0.2, -0.15) is 0 Å². The van der Waals surface area contributed by atoms with Crippen molar-refractivity contribution < 1.29 is 14.3 Å². The molecular weight excluding hydrogens is 417 g/mol. The van der Waals surface area contributed by atoms with Gasteiger partial charge in [-0.1, -0.05) is 23.2 Å². The topological polar surface area (TPSA) is 46.6 Å². The molecule has 1 amide bonds. The normalized spacial score (nSPS) is 13.4. The largest absolute Gasteiger partial charge is 0.492 e. The van der Waals surface area contributed by atoms with Gasteiger partial charge >= 0.3 is 0 Å². The van der Waals surface area contributed by atoms with E-state index in [0.717, 1.165) is 5.56 Å². The Balaban J connectivity index is 1.77. The quantitative estimate of drug-likeness (QED) is 0.664. The number of ether oxygens (including phenoxy) is 1. The van der Waals surface area contributed by atoms with Crippen LogP contribution in [-0.2, 0) is 4.79 Å². The minimum absolute atomic E-state index is 0.204. The fourth-order valence-electron chi connectivity index (χ4n) is 2.60. The second-order valence-electron chi connectivity index (χ2n) is 5.38.